The molecular formula is C52H51O7S+. The Labute approximate surface area is 355 Å². The topological polar surface area (TPSA) is 80.3 Å². The van der Waals surface area contributed by atoms with Crippen LogP contribution in [0, 0.1) is 46.3 Å². The summed E-state index contributed by atoms with van der Waals surface area (Å²) in [7, 11) is 1.09. The third-order valence-electron chi connectivity index (χ3n) is 14.7. The van der Waals surface area contributed by atoms with Gasteiger partial charge in [0, 0.05) is 12.1 Å². The molecule has 0 heterocycles. The Hall–Kier alpha value is -5.21. The molecule has 8 saturated carbocycles. The monoisotopic (exact) mass is 819 g/mol. The number of carbonyl (C=O) groups is 2. The van der Waals surface area contributed by atoms with Crippen molar-refractivity contribution in [1.29, 1.82) is 0 Å². The molecule has 0 saturated heterocycles. The summed E-state index contributed by atoms with van der Waals surface area (Å²) in [5.74, 6) is 7.49. The van der Waals surface area contributed by atoms with E-state index >= 15 is 0 Å². The Balaban J connectivity index is 0.876. The van der Waals surface area contributed by atoms with Gasteiger partial charge in [-0.25, -0.2) is 0 Å². The van der Waals surface area contributed by atoms with E-state index in [2.05, 4.69) is 48.5 Å². The van der Waals surface area contributed by atoms with Crippen molar-refractivity contribution < 1.29 is 33.3 Å². The molecule has 306 valence electrons. The molecule has 0 aromatic heterocycles. The van der Waals surface area contributed by atoms with Crippen molar-refractivity contribution in [2.45, 2.75) is 85.3 Å². The summed E-state index contributed by atoms with van der Waals surface area (Å²) in [5.41, 5.74) is -0.647. The first-order chi connectivity index (χ1) is 29.3. The van der Waals surface area contributed by atoms with E-state index in [0.717, 1.165) is 53.2 Å². The zero-order valence-corrected chi connectivity index (χ0v) is 34.9. The van der Waals surface area contributed by atoms with Crippen molar-refractivity contribution in [3.05, 3.63) is 121 Å². The first-order valence-electron chi connectivity index (χ1n) is 21.9. The Morgan fingerprint density at radius 1 is 0.483 bits per heavy atom. The molecule has 5 aromatic carbocycles. The van der Waals surface area contributed by atoms with Crippen LogP contribution in [0.5, 0.6) is 40.2 Å². The Bertz CT molecular complexity index is 2300. The fraction of sp³-hybridized carbons (Fsp3) is 0.385. The normalized spacial score (nSPS) is 29.1. The van der Waals surface area contributed by atoms with E-state index in [-0.39, 0.29) is 22.8 Å². The minimum atomic E-state index is -0.522. The van der Waals surface area contributed by atoms with Gasteiger partial charge in [-0.1, -0.05) is 36.4 Å². The van der Waals surface area contributed by atoms with Crippen LogP contribution in [0.15, 0.2) is 136 Å². The molecule has 0 aliphatic heterocycles. The van der Waals surface area contributed by atoms with Gasteiger partial charge in [0.25, 0.3) is 0 Å². The molecule has 8 heteroatoms. The molecule has 0 spiro atoms. The van der Waals surface area contributed by atoms with Crippen LogP contribution >= 0.6 is 0 Å². The Kier molecular flexibility index (Phi) is 9.47. The maximum Gasteiger partial charge on any atom is 0.317 e. The van der Waals surface area contributed by atoms with E-state index in [9.17, 15) is 9.59 Å². The lowest BCUT2D eigenvalue weighted by Gasteiger charge is -2.55. The minimum absolute atomic E-state index is 0.0707. The van der Waals surface area contributed by atoms with Crippen LogP contribution in [-0.4, -0.2) is 19.0 Å². The number of methoxy groups -OCH3 is 1. The molecule has 0 amide bonds. The van der Waals surface area contributed by atoms with Gasteiger partial charge in [0.15, 0.2) is 26.2 Å². The van der Waals surface area contributed by atoms with Gasteiger partial charge in [-0.05, 0) is 179 Å². The third-order valence-corrected chi connectivity index (χ3v) is 16.9. The molecule has 2 unspecified atom stereocenters. The highest BCUT2D eigenvalue weighted by atomic mass is 32.2. The average Bonchev–Trinajstić information content (AvgIpc) is 3.68. The lowest BCUT2D eigenvalue weighted by molar-refractivity contribution is -0.161. The largest absolute Gasteiger partial charge is 0.490 e. The van der Waals surface area contributed by atoms with Crippen molar-refractivity contribution in [2.75, 3.05) is 7.11 Å². The second kappa shape index (κ2) is 15.1. The predicted molar refractivity (Wildman–Crippen MR) is 229 cm³/mol. The number of esters is 2. The molecule has 8 aliphatic rings. The van der Waals surface area contributed by atoms with Crippen molar-refractivity contribution in [3.63, 3.8) is 0 Å². The maximum absolute atomic E-state index is 13.7. The predicted octanol–water partition coefficient (Wildman–Crippen LogP) is 12.2. The number of hydrogen-bond donors (Lipinski definition) is 0. The van der Waals surface area contributed by atoms with Crippen molar-refractivity contribution in [1.82, 2.24) is 0 Å². The molecular weight excluding hydrogens is 769 g/mol. The standard InChI is InChI=1S/C52H51O7S/c1-55-48-46(56-39-12-16-41(17-13-39)58-49(53)51-27-33-20-34(28-51)22-35(21-33)29-51)25-45(60(43-8-4-2-5-9-43)44-10-6-3-7-11-44)26-47(48)57-40-14-18-42(19-15-40)59-50(54)52-30-36-23-37(31-52)38(24-36)32-52/h2-19,25-26,33-38H,20-24,27-32H2,1H3/q+1. The highest BCUT2D eigenvalue weighted by Crippen LogP contribution is 2.65. The first-order valence-corrected chi connectivity index (χ1v) is 23.1. The zero-order valence-electron chi connectivity index (χ0n) is 34.1. The minimum Gasteiger partial charge on any atom is -0.490 e. The quantitative estimate of drug-likeness (QED) is 0.0704. The van der Waals surface area contributed by atoms with Gasteiger partial charge >= 0.3 is 11.9 Å². The summed E-state index contributed by atoms with van der Waals surface area (Å²) in [6.45, 7) is 0. The zero-order chi connectivity index (χ0) is 40.4. The second-order valence-corrected chi connectivity index (χ2v) is 20.8. The van der Waals surface area contributed by atoms with Crippen LogP contribution in [-0.2, 0) is 20.5 Å². The molecule has 0 N–H and O–H groups in total. The summed E-state index contributed by atoms with van der Waals surface area (Å²) in [6, 6.07) is 39.5. The van der Waals surface area contributed by atoms with E-state index in [1.54, 1.807) is 7.11 Å². The molecule has 2 atom stereocenters. The van der Waals surface area contributed by atoms with Gasteiger partial charge in [0.05, 0.1) is 28.8 Å². The van der Waals surface area contributed by atoms with E-state index < -0.39 is 10.9 Å². The van der Waals surface area contributed by atoms with E-state index in [0.29, 0.717) is 75.8 Å². The lowest BCUT2D eigenvalue weighted by Crippen LogP contribution is -2.51. The van der Waals surface area contributed by atoms with Gasteiger partial charge < -0.3 is 23.7 Å². The number of rotatable bonds is 12. The molecule has 7 nitrogen and oxygen atoms in total. The fourth-order valence-electron chi connectivity index (χ4n) is 12.8. The first kappa shape index (κ1) is 37.8. The third kappa shape index (κ3) is 6.94. The Morgan fingerprint density at radius 3 is 1.27 bits per heavy atom. The molecule has 60 heavy (non-hydrogen) atoms. The average molecular weight is 820 g/mol. The van der Waals surface area contributed by atoms with Gasteiger partial charge in [-0.2, -0.15) is 0 Å². The highest BCUT2D eigenvalue weighted by molar-refractivity contribution is 7.97. The molecule has 0 radical (unpaired) electrons. The number of carbonyl (C=O) groups excluding carboxylic acids is 2. The van der Waals surface area contributed by atoms with Crippen molar-refractivity contribution >= 4 is 22.8 Å². The SMILES string of the molecule is COc1c(Oc2ccc(OC(=O)C34CC5CC(CC(C5)C3)C4)cc2)cc([S+](c2ccccc2)c2ccccc2)cc1Oc1ccc(OC(=O)C23CC4CC(C2)C(C4)C3)cc1. The van der Waals surface area contributed by atoms with Crippen LogP contribution in [0.2, 0.25) is 0 Å². The molecule has 8 aliphatic carbocycles. The van der Waals surface area contributed by atoms with Crippen molar-refractivity contribution in [2.24, 2.45) is 46.3 Å². The van der Waals surface area contributed by atoms with E-state index in [4.69, 9.17) is 23.7 Å². The van der Waals surface area contributed by atoms with Crippen LogP contribution in [0.4, 0.5) is 0 Å². The van der Waals surface area contributed by atoms with Gasteiger partial charge in [0.1, 0.15) is 23.0 Å². The van der Waals surface area contributed by atoms with E-state index in [1.807, 2.05) is 72.8 Å². The Morgan fingerprint density at radius 2 is 0.867 bits per heavy atom. The number of hydrogen-bond acceptors (Lipinski definition) is 7. The highest BCUT2D eigenvalue weighted by Gasteiger charge is 2.60. The second-order valence-electron chi connectivity index (χ2n) is 18.8. The van der Waals surface area contributed by atoms with Gasteiger partial charge in [-0.15, -0.1) is 0 Å². The number of ether oxygens (including phenoxy) is 5. The summed E-state index contributed by atoms with van der Waals surface area (Å²) in [6.07, 6.45) is 12.2. The fourth-order valence-corrected chi connectivity index (χ4v) is 14.9. The van der Waals surface area contributed by atoms with Crippen LogP contribution in [0.3, 0.4) is 0 Å². The van der Waals surface area contributed by atoms with Gasteiger partial charge in [0.2, 0.25) is 5.75 Å². The smallest absolute Gasteiger partial charge is 0.317 e. The van der Waals surface area contributed by atoms with Gasteiger partial charge in [-0.3, -0.25) is 9.59 Å². The van der Waals surface area contributed by atoms with Crippen molar-refractivity contribution in [3.8, 4) is 40.2 Å². The summed E-state index contributed by atoms with van der Waals surface area (Å²) >= 11 is 0. The molecule has 5 aromatic rings. The maximum atomic E-state index is 13.7. The van der Waals surface area contributed by atoms with Crippen LogP contribution < -0.4 is 23.7 Å². The molecule has 8 fully saturated rings. The summed E-state index contributed by atoms with van der Waals surface area (Å²) < 4.78 is 31.5. The van der Waals surface area contributed by atoms with Crippen LogP contribution in [0.1, 0.15) is 70.6 Å². The molecule has 8 bridgehead atoms. The lowest BCUT2D eigenvalue weighted by atomic mass is 9.49. The summed E-state index contributed by atoms with van der Waals surface area (Å²) in [4.78, 5) is 30.5. The summed E-state index contributed by atoms with van der Waals surface area (Å²) in [5, 5.41) is 0. The van der Waals surface area contributed by atoms with Crippen LogP contribution in [0.25, 0.3) is 0 Å². The number of benzene rings is 5. The van der Waals surface area contributed by atoms with E-state index in [1.165, 1.54) is 32.1 Å². The molecule has 13 rings (SSSR count).